The maximum Gasteiger partial charge on any atom is 3.00 e. The average Bonchev–Trinajstić information content (AvgIpc) is 0. The van der Waals surface area contributed by atoms with Crippen molar-refractivity contribution in [2.45, 2.75) is 0 Å². The van der Waals surface area contributed by atoms with Crippen molar-refractivity contribution in [1.82, 2.24) is 0 Å². The average molecular weight is 189 g/mol. The Kier molecular flexibility index (Phi) is 287. The second kappa shape index (κ2) is 23.9. The van der Waals surface area contributed by atoms with Crippen LogP contribution in [0, 0.1) is 40.8 Å². The minimum Gasteiger partial charge on any atom is -0.0626 e. The summed E-state index contributed by atoms with van der Waals surface area (Å²) >= 11 is 0. The van der Waals surface area contributed by atoms with E-state index in [9.17, 15) is 0 Å². The van der Waals surface area contributed by atoms with E-state index in [-0.39, 0.29) is 66.1 Å². The second-order valence-electron chi connectivity index (χ2n) is 0. The SMILES string of the molecule is [BH4-].[BH4-].[BH4-].[Nd+3]. The van der Waals surface area contributed by atoms with Gasteiger partial charge in [-0.1, -0.05) is 25.2 Å². The summed E-state index contributed by atoms with van der Waals surface area (Å²) in [6.07, 6.45) is 0. The van der Waals surface area contributed by atoms with Crippen LogP contribution in [0.2, 0.25) is 0 Å². The number of hydrogen-bond donors (Lipinski definition) is 0. The normalized spacial score (nSPS) is 0. The van der Waals surface area contributed by atoms with Crippen molar-refractivity contribution in [2.24, 2.45) is 0 Å². The van der Waals surface area contributed by atoms with E-state index in [0.717, 1.165) is 0 Å². The van der Waals surface area contributed by atoms with Gasteiger partial charge in [0.15, 0.2) is 0 Å². The van der Waals surface area contributed by atoms with E-state index < -0.39 is 0 Å². The molecule has 4 heavy (non-hydrogen) atoms. The Morgan fingerprint density at radius 3 is 0.500 bits per heavy atom. The molecule has 0 fully saturated rings. The molecule has 0 unspecified atom stereocenters. The monoisotopic (exact) mass is 187 g/mol. The maximum atomic E-state index is 0. The predicted octanol–water partition coefficient (Wildman–Crippen LogP) is -4.35. The topological polar surface area (TPSA) is 0 Å². The van der Waals surface area contributed by atoms with E-state index in [1.54, 1.807) is 0 Å². The van der Waals surface area contributed by atoms with Crippen molar-refractivity contribution in [2.75, 3.05) is 0 Å². The fourth-order valence-corrected chi connectivity index (χ4v) is 0. The van der Waals surface area contributed by atoms with Gasteiger partial charge in [-0.3, -0.25) is 0 Å². The van der Waals surface area contributed by atoms with Crippen LogP contribution in [0.4, 0.5) is 0 Å². The summed E-state index contributed by atoms with van der Waals surface area (Å²) in [6.45, 7) is 0. The third-order valence-corrected chi connectivity index (χ3v) is 0. The minimum absolute atomic E-state index is 0. The Bertz CT molecular complexity index is 3.25. The molecule has 0 aliphatic heterocycles. The molecule has 0 saturated carbocycles. The Balaban J connectivity index is 0. The minimum atomic E-state index is 0. The standard InChI is InChI=1S/3BH4.Nd/h3*1H4;/q3*-1;+3. The van der Waals surface area contributed by atoms with Gasteiger partial charge < -0.3 is 0 Å². The van der Waals surface area contributed by atoms with Crippen LogP contribution in [0.25, 0.3) is 0 Å². The van der Waals surface area contributed by atoms with Gasteiger partial charge in [0.05, 0.1) is 0 Å². The van der Waals surface area contributed by atoms with Gasteiger partial charge in [-0.25, -0.2) is 0 Å². The van der Waals surface area contributed by atoms with Gasteiger partial charge >= 0.3 is 40.8 Å². The van der Waals surface area contributed by atoms with Crippen molar-refractivity contribution >= 4 is 25.2 Å². The molecule has 0 saturated heterocycles. The molecule has 4 heteroatoms. The van der Waals surface area contributed by atoms with Gasteiger partial charge in [0, 0.05) is 0 Å². The fraction of sp³-hybridized carbons (Fsp3) is 0. The molecule has 0 aliphatic carbocycles. The largest absolute Gasteiger partial charge is 3.00 e. The van der Waals surface area contributed by atoms with Crippen molar-refractivity contribution in [3.05, 3.63) is 0 Å². The van der Waals surface area contributed by atoms with Crippen LogP contribution in [0.1, 0.15) is 0 Å². The van der Waals surface area contributed by atoms with Gasteiger partial charge in [-0.05, 0) is 0 Å². The third kappa shape index (κ3) is 9.62. The first kappa shape index (κ1) is 48.0. The second-order valence-corrected chi connectivity index (χ2v) is 0. The first-order valence-electron chi connectivity index (χ1n) is 0. The Morgan fingerprint density at radius 1 is 0.500 bits per heavy atom. The molecule has 0 nitrogen and oxygen atoms in total. The molecule has 0 rings (SSSR count). The summed E-state index contributed by atoms with van der Waals surface area (Å²) in [5.74, 6) is 0. The van der Waals surface area contributed by atoms with Crippen LogP contribution < -0.4 is 0 Å². The summed E-state index contributed by atoms with van der Waals surface area (Å²) in [6, 6.07) is 0. The van der Waals surface area contributed by atoms with E-state index in [0.29, 0.717) is 0 Å². The Hall–Kier alpha value is 1.55. The smallest absolute Gasteiger partial charge is 0.0626 e. The molecule has 0 aliphatic rings. The molecule has 25 valence electrons. The van der Waals surface area contributed by atoms with Crippen LogP contribution in [0.3, 0.4) is 0 Å². The van der Waals surface area contributed by atoms with Gasteiger partial charge in [0.1, 0.15) is 0 Å². The van der Waals surface area contributed by atoms with Crippen molar-refractivity contribution in [3.63, 3.8) is 0 Å². The summed E-state index contributed by atoms with van der Waals surface area (Å²) in [5, 5.41) is 0. The Morgan fingerprint density at radius 2 is 0.500 bits per heavy atom. The Labute approximate surface area is 65.4 Å². The van der Waals surface area contributed by atoms with E-state index in [2.05, 4.69) is 0 Å². The molecule has 0 aromatic rings. The molecule has 0 spiro atoms. The summed E-state index contributed by atoms with van der Waals surface area (Å²) in [7, 11) is 0. The first-order chi connectivity index (χ1) is 0. The molecule has 0 heterocycles. The van der Waals surface area contributed by atoms with Crippen molar-refractivity contribution in [3.8, 4) is 0 Å². The van der Waals surface area contributed by atoms with Crippen LogP contribution >= 0.6 is 0 Å². The van der Waals surface area contributed by atoms with Crippen LogP contribution in [0.15, 0.2) is 0 Å². The fourth-order valence-electron chi connectivity index (χ4n) is 0. The molecule has 0 amide bonds. The summed E-state index contributed by atoms with van der Waals surface area (Å²) in [4.78, 5) is 0. The molecule has 0 aromatic carbocycles. The van der Waals surface area contributed by atoms with E-state index in [1.807, 2.05) is 0 Å². The summed E-state index contributed by atoms with van der Waals surface area (Å²) < 4.78 is 0. The zero-order valence-electron chi connectivity index (χ0n) is 0.500. The van der Waals surface area contributed by atoms with Gasteiger partial charge in [-0.15, -0.1) is 0 Å². The number of rotatable bonds is 0. The molecular formula is H12B3Nd. The van der Waals surface area contributed by atoms with Crippen molar-refractivity contribution in [1.29, 1.82) is 0 Å². The summed E-state index contributed by atoms with van der Waals surface area (Å²) in [5.41, 5.74) is 0. The molecule has 0 N–H and O–H groups in total. The van der Waals surface area contributed by atoms with Crippen molar-refractivity contribution < 1.29 is 40.8 Å². The molecule has 1 radical (unpaired) electrons. The van der Waals surface area contributed by atoms with Gasteiger partial charge in [0.2, 0.25) is 0 Å². The van der Waals surface area contributed by atoms with E-state index in [4.69, 9.17) is 0 Å². The van der Waals surface area contributed by atoms with Gasteiger partial charge in [0.25, 0.3) is 0 Å². The molecular weight excluding hydrogens is 177 g/mol. The zero-order chi connectivity index (χ0) is 0. The first-order valence-corrected chi connectivity index (χ1v) is 0. The van der Waals surface area contributed by atoms with E-state index in [1.165, 1.54) is 0 Å². The van der Waals surface area contributed by atoms with Crippen LogP contribution in [-0.2, 0) is 0 Å². The van der Waals surface area contributed by atoms with E-state index >= 15 is 0 Å². The van der Waals surface area contributed by atoms with Crippen LogP contribution in [0.5, 0.6) is 0 Å². The predicted molar refractivity (Wildman–Crippen MR) is 34.0 cm³/mol. The van der Waals surface area contributed by atoms with Gasteiger partial charge in [-0.2, -0.15) is 0 Å². The number of hydrogen-bond acceptors (Lipinski definition) is 0. The quantitative estimate of drug-likeness (QED) is 0.338. The maximum absolute atomic E-state index is 0. The molecule has 0 atom stereocenters. The van der Waals surface area contributed by atoms with Crippen LogP contribution in [-0.4, -0.2) is 25.2 Å². The zero-order valence-corrected chi connectivity index (χ0v) is 3.71. The molecule has 0 aromatic heterocycles. The molecule has 0 bridgehead atoms. The third-order valence-electron chi connectivity index (χ3n) is 0.